The molecule has 0 radical (unpaired) electrons. The molecule has 1 atom stereocenters. The fourth-order valence-electron chi connectivity index (χ4n) is 3.66. The van der Waals surface area contributed by atoms with Gasteiger partial charge in [0.15, 0.2) is 6.10 Å². The third-order valence-electron chi connectivity index (χ3n) is 5.77. The van der Waals surface area contributed by atoms with Crippen LogP contribution in [0, 0.1) is 0 Å². The summed E-state index contributed by atoms with van der Waals surface area (Å²) in [5.41, 5.74) is 2.10. The molecule has 5 heteroatoms. The van der Waals surface area contributed by atoms with Gasteiger partial charge in [-0.2, -0.15) is 0 Å². The summed E-state index contributed by atoms with van der Waals surface area (Å²) in [5.74, 6) is -0.733. The van der Waals surface area contributed by atoms with Crippen molar-refractivity contribution in [3.63, 3.8) is 0 Å². The van der Waals surface area contributed by atoms with Crippen molar-refractivity contribution in [3.05, 3.63) is 65.2 Å². The van der Waals surface area contributed by atoms with Crippen molar-refractivity contribution in [3.8, 4) is 5.75 Å². The Balaban J connectivity index is 1.83. The lowest BCUT2D eigenvalue weighted by atomic mass is 10.0. The highest BCUT2D eigenvalue weighted by Crippen LogP contribution is 2.17. The second kappa shape index (κ2) is 15.0. The number of Topliss-reactive ketones (excluding diaryl/α,β-unsaturated/α-hetero) is 1. The number of aryl methyl sites for hydroxylation is 1. The van der Waals surface area contributed by atoms with Crippen LogP contribution in [0.15, 0.2) is 48.5 Å². The monoisotopic (exact) mass is 466 g/mol. The van der Waals surface area contributed by atoms with Gasteiger partial charge in [0.25, 0.3) is 0 Å². The Morgan fingerprint density at radius 2 is 1.32 bits per heavy atom. The Morgan fingerprint density at radius 1 is 0.735 bits per heavy atom. The highest BCUT2D eigenvalue weighted by molar-refractivity contribution is 6.00. The molecule has 1 unspecified atom stereocenters. The standard InChI is InChI=1S/C29H38O5/c1-4-6-8-9-11-12-23-14-16-25(17-15-23)29(32)34-26-20-18-24(19-21-26)28(31)22(3)33-27(30)13-10-7-5-2/h14-22H,4-13H2,1-3H3. The Hall–Kier alpha value is -2.95. The van der Waals surface area contributed by atoms with Gasteiger partial charge in [-0.05, 0) is 68.1 Å². The van der Waals surface area contributed by atoms with Crippen LogP contribution in [0.1, 0.15) is 105 Å². The maximum absolute atomic E-state index is 12.5. The molecule has 0 spiro atoms. The highest BCUT2D eigenvalue weighted by atomic mass is 16.5. The summed E-state index contributed by atoms with van der Waals surface area (Å²) in [7, 11) is 0. The minimum atomic E-state index is -0.854. The smallest absolute Gasteiger partial charge is 0.343 e. The summed E-state index contributed by atoms with van der Waals surface area (Å²) in [6.07, 6.45) is 9.40. The molecular weight excluding hydrogens is 428 g/mol. The van der Waals surface area contributed by atoms with E-state index < -0.39 is 12.1 Å². The van der Waals surface area contributed by atoms with Gasteiger partial charge in [-0.25, -0.2) is 4.79 Å². The van der Waals surface area contributed by atoms with Crippen molar-refractivity contribution in [2.24, 2.45) is 0 Å². The SMILES string of the molecule is CCCCCCCc1ccc(C(=O)Oc2ccc(C(=O)C(C)OC(=O)CCCCC)cc2)cc1. The molecule has 184 valence electrons. The van der Waals surface area contributed by atoms with Crippen molar-refractivity contribution < 1.29 is 23.9 Å². The first-order valence-corrected chi connectivity index (χ1v) is 12.6. The average Bonchev–Trinajstić information content (AvgIpc) is 2.84. The molecule has 0 heterocycles. The molecular formula is C29H38O5. The van der Waals surface area contributed by atoms with Gasteiger partial charge in [-0.15, -0.1) is 0 Å². The number of rotatable bonds is 15. The quantitative estimate of drug-likeness (QED) is 0.121. The number of carbonyl (C=O) groups excluding carboxylic acids is 3. The van der Waals surface area contributed by atoms with Crippen LogP contribution in [-0.4, -0.2) is 23.8 Å². The largest absolute Gasteiger partial charge is 0.454 e. The lowest BCUT2D eigenvalue weighted by molar-refractivity contribution is -0.146. The first kappa shape index (κ1) is 27.3. The van der Waals surface area contributed by atoms with Crippen LogP contribution < -0.4 is 4.74 Å². The van der Waals surface area contributed by atoms with Gasteiger partial charge in [-0.1, -0.05) is 64.5 Å². The molecule has 0 saturated heterocycles. The van der Waals surface area contributed by atoms with Gasteiger partial charge >= 0.3 is 11.9 Å². The molecule has 0 aromatic heterocycles. The van der Waals surface area contributed by atoms with E-state index in [-0.39, 0.29) is 11.8 Å². The van der Waals surface area contributed by atoms with Crippen LogP contribution in [-0.2, 0) is 16.0 Å². The summed E-state index contributed by atoms with van der Waals surface area (Å²) in [5, 5.41) is 0. The zero-order chi connectivity index (χ0) is 24.8. The molecule has 2 rings (SSSR count). The van der Waals surface area contributed by atoms with E-state index in [0.29, 0.717) is 23.3 Å². The van der Waals surface area contributed by atoms with Gasteiger partial charge in [-0.3, -0.25) is 9.59 Å². The zero-order valence-electron chi connectivity index (χ0n) is 20.8. The fraction of sp³-hybridized carbons (Fsp3) is 0.483. The number of hydrogen-bond donors (Lipinski definition) is 0. The molecule has 0 aliphatic carbocycles. The molecule has 5 nitrogen and oxygen atoms in total. The molecule has 0 fully saturated rings. The number of benzene rings is 2. The van der Waals surface area contributed by atoms with Crippen LogP contribution >= 0.6 is 0 Å². The number of esters is 2. The first-order valence-electron chi connectivity index (χ1n) is 12.6. The zero-order valence-corrected chi connectivity index (χ0v) is 20.8. The van der Waals surface area contributed by atoms with Crippen molar-refractivity contribution in [1.82, 2.24) is 0 Å². The summed E-state index contributed by atoms with van der Waals surface area (Å²) < 4.78 is 10.7. The Kier molecular flexibility index (Phi) is 12.1. The third-order valence-corrected chi connectivity index (χ3v) is 5.77. The lowest BCUT2D eigenvalue weighted by Gasteiger charge is -2.12. The summed E-state index contributed by atoms with van der Waals surface area (Å²) in [6, 6.07) is 13.8. The van der Waals surface area contributed by atoms with Crippen molar-refractivity contribution in [2.45, 2.75) is 91.1 Å². The second-order valence-corrected chi connectivity index (χ2v) is 8.73. The van der Waals surface area contributed by atoms with E-state index in [9.17, 15) is 14.4 Å². The Labute approximate surface area is 203 Å². The van der Waals surface area contributed by atoms with E-state index in [1.165, 1.54) is 31.2 Å². The predicted molar refractivity (Wildman–Crippen MR) is 134 cm³/mol. The van der Waals surface area contributed by atoms with Gasteiger partial charge < -0.3 is 9.47 Å². The summed E-state index contributed by atoms with van der Waals surface area (Å²) >= 11 is 0. The first-order chi connectivity index (χ1) is 16.4. The minimum absolute atomic E-state index is 0.285. The minimum Gasteiger partial charge on any atom is -0.454 e. The number of hydrogen-bond acceptors (Lipinski definition) is 5. The van der Waals surface area contributed by atoms with Crippen molar-refractivity contribution >= 4 is 17.7 Å². The number of ketones is 1. The summed E-state index contributed by atoms with van der Waals surface area (Å²) in [4.78, 5) is 36.9. The van der Waals surface area contributed by atoms with E-state index in [4.69, 9.17) is 9.47 Å². The highest BCUT2D eigenvalue weighted by Gasteiger charge is 2.19. The lowest BCUT2D eigenvalue weighted by Crippen LogP contribution is -2.24. The number of ether oxygens (including phenoxy) is 2. The molecule has 0 amide bonds. The van der Waals surface area contributed by atoms with Gasteiger partial charge in [0.05, 0.1) is 5.56 Å². The molecule has 0 bridgehead atoms. The van der Waals surface area contributed by atoms with Crippen LogP contribution in [0.2, 0.25) is 0 Å². The fourth-order valence-corrected chi connectivity index (χ4v) is 3.66. The van der Waals surface area contributed by atoms with E-state index in [2.05, 4.69) is 13.8 Å². The van der Waals surface area contributed by atoms with Gasteiger partial charge in [0, 0.05) is 12.0 Å². The molecule has 0 aliphatic rings. The van der Waals surface area contributed by atoms with Crippen LogP contribution in [0.3, 0.4) is 0 Å². The molecule has 0 saturated carbocycles. The topological polar surface area (TPSA) is 69.7 Å². The maximum Gasteiger partial charge on any atom is 0.343 e. The van der Waals surface area contributed by atoms with E-state index in [1.54, 1.807) is 43.3 Å². The molecule has 34 heavy (non-hydrogen) atoms. The van der Waals surface area contributed by atoms with E-state index in [0.717, 1.165) is 32.1 Å². The van der Waals surface area contributed by atoms with Crippen LogP contribution in [0.25, 0.3) is 0 Å². The Morgan fingerprint density at radius 3 is 1.97 bits per heavy atom. The Bertz CT molecular complexity index is 899. The average molecular weight is 467 g/mol. The molecule has 2 aromatic rings. The normalized spacial score (nSPS) is 11.6. The summed E-state index contributed by atoms with van der Waals surface area (Å²) in [6.45, 7) is 5.84. The number of carbonyl (C=O) groups is 3. The van der Waals surface area contributed by atoms with E-state index in [1.807, 2.05) is 12.1 Å². The van der Waals surface area contributed by atoms with Crippen molar-refractivity contribution in [2.75, 3.05) is 0 Å². The molecule has 0 N–H and O–H groups in total. The van der Waals surface area contributed by atoms with E-state index >= 15 is 0 Å². The van der Waals surface area contributed by atoms with Gasteiger partial charge in [0.2, 0.25) is 5.78 Å². The van der Waals surface area contributed by atoms with Crippen molar-refractivity contribution in [1.29, 1.82) is 0 Å². The van der Waals surface area contributed by atoms with Gasteiger partial charge in [0.1, 0.15) is 5.75 Å². The molecule has 2 aromatic carbocycles. The number of unbranched alkanes of at least 4 members (excludes halogenated alkanes) is 6. The third kappa shape index (κ3) is 9.50. The predicted octanol–water partition coefficient (Wildman–Crippen LogP) is 7.11. The maximum atomic E-state index is 12.5. The molecule has 0 aliphatic heterocycles. The van der Waals surface area contributed by atoms with Crippen LogP contribution in [0.4, 0.5) is 0 Å². The second-order valence-electron chi connectivity index (χ2n) is 8.73. The van der Waals surface area contributed by atoms with Crippen LogP contribution in [0.5, 0.6) is 5.75 Å².